The number of hydrogen-bond acceptors (Lipinski definition) is 12. The lowest BCUT2D eigenvalue weighted by atomic mass is 9.85. The van der Waals surface area contributed by atoms with E-state index < -0.39 is 96.1 Å². The third kappa shape index (κ3) is 14.0. The quantitative estimate of drug-likeness (QED) is 0.110. The Hall–Kier alpha value is -5.86. The summed E-state index contributed by atoms with van der Waals surface area (Å²) in [6, 6.07) is 9.12. The molecule has 2 aromatic carbocycles. The molecule has 0 spiro atoms. The van der Waals surface area contributed by atoms with Gasteiger partial charge >= 0.3 is 0 Å². The van der Waals surface area contributed by atoms with Crippen molar-refractivity contribution in [3.63, 3.8) is 0 Å². The van der Waals surface area contributed by atoms with Crippen molar-refractivity contribution in [1.29, 1.82) is 0 Å². The molecule has 10 N–H and O–H groups in total. The van der Waals surface area contributed by atoms with Crippen molar-refractivity contribution in [2.24, 2.45) is 22.3 Å². The van der Waals surface area contributed by atoms with Crippen LogP contribution in [0.2, 0.25) is 0 Å². The summed E-state index contributed by atoms with van der Waals surface area (Å²) >= 11 is 0. The Bertz CT molecular complexity index is 2250. The first-order valence-corrected chi connectivity index (χ1v) is 25.1. The molecule has 0 saturated carbocycles. The average molecular weight is 995 g/mol. The Balaban J connectivity index is 1.10. The van der Waals surface area contributed by atoms with Gasteiger partial charge in [0.25, 0.3) is 0 Å². The van der Waals surface area contributed by atoms with E-state index in [1.165, 1.54) is 20.9 Å². The number of aliphatic hydroxyl groups excluding tert-OH is 2. The zero-order chi connectivity index (χ0) is 52.3. The van der Waals surface area contributed by atoms with Gasteiger partial charge in [0.15, 0.2) is 0 Å². The number of likely N-dealkylation sites (tertiary alicyclic amines) is 2. The van der Waals surface area contributed by atoms with Crippen LogP contribution in [-0.4, -0.2) is 143 Å². The van der Waals surface area contributed by atoms with Gasteiger partial charge in [-0.1, -0.05) is 102 Å². The molecular weight excluding hydrogens is 921 g/mol. The van der Waals surface area contributed by atoms with Gasteiger partial charge in [0.2, 0.25) is 35.4 Å². The van der Waals surface area contributed by atoms with Gasteiger partial charge in [0, 0.05) is 25.9 Å². The summed E-state index contributed by atoms with van der Waals surface area (Å²) in [4.78, 5) is 85.7. The van der Waals surface area contributed by atoms with E-state index in [4.69, 9.17) is 20.9 Å². The van der Waals surface area contributed by atoms with Crippen molar-refractivity contribution >= 4 is 35.4 Å². The summed E-state index contributed by atoms with van der Waals surface area (Å²) in [6.07, 6.45) is 4.34. The van der Waals surface area contributed by atoms with E-state index in [-0.39, 0.29) is 63.0 Å². The zero-order valence-electron chi connectivity index (χ0n) is 42.5. The number of benzene rings is 2. The largest absolute Gasteiger partial charge is 0.394 e. The minimum atomic E-state index is -1.23. The maximum atomic E-state index is 14.4. The second kappa shape index (κ2) is 24.7. The molecule has 72 heavy (non-hydrogen) atoms. The number of carbonyl (C=O) groups excluding carboxylic acids is 6. The van der Waals surface area contributed by atoms with Crippen molar-refractivity contribution in [2.75, 3.05) is 39.5 Å². The van der Waals surface area contributed by atoms with Crippen LogP contribution in [0.3, 0.4) is 0 Å². The van der Waals surface area contributed by atoms with Gasteiger partial charge in [-0.15, -0.1) is 0 Å². The first-order valence-electron chi connectivity index (χ1n) is 25.1. The Morgan fingerprint density at radius 1 is 0.639 bits per heavy atom. The fraction of sp³-hybridized carbons (Fsp3) is 0.593. The molecule has 2 heterocycles. The average Bonchev–Trinajstić information content (AvgIpc) is 3.99. The highest BCUT2D eigenvalue weighted by Crippen LogP contribution is 2.34. The number of rotatable bonds is 16. The van der Waals surface area contributed by atoms with Crippen LogP contribution in [0.1, 0.15) is 114 Å². The van der Waals surface area contributed by atoms with Crippen molar-refractivity contribution in [3.05, 3.63) is 70.8 Å². The van der Waals surface area contributed by atoms with Gasteiger partial charge in [0.1, 0.15) is 49.5 Å². The fourth-order valence-corrected chi connectivity index (χ4v) is 9.94. The maximum Gasteiger partial charge on any atom is 0.246 e. The molecule has 0 unspecified atom stereocenters. The van der Waals surface area contributed by atoms with Gasteiger partial charge < -0.3 is 62.2 Å². The molecule has 6 amide bonds. The summed E-state index contributed by atoms with van der Waals surface area (Å²) in [7, 11) is 0. The van der Waals surface area contributed by atoms with Crippen LogP contribution in [0.5, 0.6) is 0 Å². The van der Waals surface area contributed by atoms with Crippen molar-refractivity contribution in [2.45, 2.75) is 153 Å². The minimum absolute atomic E-state index is 0.0564. The van der Waals surface area contributed by atoms with Crippen LogP contribution >= 0.6 is 0 Å². The van der Waals surface area contributed by atoms with Gasteiger partial charge in [0.05, 0.1) is 37.5 Å². The molecule has 2 aliphatic carbocycles. The van der Waals surface area contributed by atoms with Crippen molar-refractivity contribution < 1.29 is 48.5 Å². The molecule has 2 aliphatic heterocycles. The highest BCUT2D eigenvalue weighted by Gasteiger charge is 2.48. The van der Waals surface area contributed by atoms with E-state index in [0.29, 0.717) is 0 Å². The molecule has 0 radical (unpaired) electrons. The number of nitrogens with two attached hydrogens (primary N) is 2. The van der Waals surface area contributed by atoms with Crippen LogP contribution in [0.25, 0.3) is 0 Å². The summed E-state index contributed by atoms with van der Waals surface area (Å²) < 4.78 is 12.2. The number of aliphatic hydroxyl groups is 2. The fourth-order valence-electron chi connectivity index (χ4n) is 9.94. The third-order valence-electron chi connectivity index (χ3n) is 14.0. The molecule has 18 heteroatoms. The van der Waals surface area contributed by atoms with E-state index in [1.807, 2.05) is 36.4 Å². The van der Waals surface area contributed by atoms with E-state index in [1.54, 1.807) is 41.5 Å². The lowest BCUT2D eigenvalue weighted by molar-refractivity contribution is -0.144. The summed E-state index contributed by atoms with van der Waals surface area (Å²) in [6.45, 7) is 9.54. The molecule has 2 saturated heterocycles. The number of fused-ring (bicyclic) bond motifs is 2. The molecule has 2 fully saturated rings. The molecule has 2 aromatic rings. The number of aryl methyl sites for hydroxylation is 2. The van der Waals surface area contributed by atoms with Crippen molar-refractivity contribution in [3.8, 4) is 23.7 Å². The van der Waals surface area contributed by atoms with E-state index in [9.17, 15) is 39.0 Å². The smallest absolute Gasteiger partial charge is 0.246 e. The Morgan fingerprint density at radius 2 is 1.01 bits per heavy atom. The molecule has 6 rings (SSSR count). The number of nitrogens with one attached hydrogen (secondary N) is 4. The SMILES string of the molecule is CC(C)(C)[C@H](NC(=O)[C@@H](N)CO)C(=O)N1C[C@@H](OCC#CC#CCO[C@H]2C[C@@H](C(=O)N[C@@H]3CCCc4ccccc43)N(C(=O)[C@@H](NC(=O)[C@@H](N)CO)C(C)(C)C)C2)C[C@H]1C(=O)N[C@@H]1CCCc2ccccc21. The van der Waals surface area contributed by atoms with Gasteiger partial charge in [-0.3, -0.25) is 28.8 Å². The topological polar surface area (TPSA) is 268 Å². The first-order chi connectivity index (χ1) is 34.2. The number of amides is 6. The van der Waals surface area contributed by atoms with E-state index in [2.05, 4.69) is 57.1 Å². The normalized spacial score (nSPS) is 23.3. The van der Waals surface area contributed by atoms with Crippen LogP contribution < -0.4 is 32.7 Å². The molecule has 0 bridgehead atoms. The zero-order valence-corrected chi connectivity index (χ0v) is 42.5. The second-order valence-electron chi connectivity index (χ2n) is 21.5. The summed E-state index contributed by atoms with van der Waals surface area (Å²) in [5, 5.41) is 30.8. The Labute approximate surface area is 423 Å². The highest BCUT2D eigenvalue weighted by molar-refractivity contribution is 5.95. The van der Waals surface area contributed by atoms with Crippen LogP contribution in [0.15, 0.2) is 48.5 Å². The second-order valence-corrected chi connectivity index (χ2v) is 21.5. The number of nitrogens with zero attached hydrogens (tertiary/aromatic N) is 2. The van der Waals surface area contributed by atoms with Crippen LogP contribution in [0.4, 0.5) is 0 Å². The first kappa shape index (κ1) is 55.5. The molecule has 18 nitrogen and oxygen atoms in total. The Morgan fingerprint density at radius 3 is 1.38 bits per heavy atom. The monoisotopic (exact) mass is 995 g/mol. The van der Waals surface area contributed by atoms with Gasteiger partial charge in [-0.05, 0) is 83.4 Å². The predicted octanol–water partition coefficient (Wildman–Crippen LogP) is 1.05. The molecule has 0 aromatic heterocycles. The minimum Gasteiger partial charge on any atom is -0.394 e. The lowest BCUT2D eigenvalue weighted by Crippen LogP contribution is -2.60. The van der Waals surface area contributed by atoms with Crippen LogP contribution in [-0.2, 0) is 51.1 Å². The van der Waals surface area contributed by atoms with Gasteiger partial charge in [-0.2, -0.15) is 0 Å². The van der Waals surface area contributed by atoms with E-state index in [0.717, 1.165) is 49.7 Å². The molecule has 390 valence electrons. The predicted molar refractivity (Wildman–Crippen MR) is 269 cm³/mol. The van der Waals surface area contributed by atoms with Crippen LogP contribution in [0, 0.1) is 34.5 Å². The number of ether oxygens (including phenoxy) is 2. The lowest BCUT2D eigenvalue weighted by Gasteiger charge is -2.36. The molecule has 10 atom stereocenters. The third-order valence-corrected chi connectivity index (χ3v) is 14.0. The summed E-state index contributed by atoms with van der Waals surface area (Å²) in [5.74, 6) is 8.27. The number of hydrogen-bond donors (Lipinski definition) is 8. The summed E-state index contributed by atoms with van der Waals surface area (Å²) in [5.41, 5.74) is 14.5. The molecular formula is C54H74N8O10. The highest BCUT2D eigenvalue weighted by atomic mass is 16.5. The standard InChI is InChI=1S/C54H74N8O10/c1-53(2,3)45(59-47(65)39(55)31-63)51(69)61-29-35(27-43(61)49(67)57-41-23-15-19-33-17-9-11-21-37(33)41)71-25-13-7-8-14-26-72-36-28-44(50(68)58-42-24-16-20-34-18-10-12-22-38(34)42)62(30-36)52(70)46(54(4,5)6)60-48(66)40(56)32-64/h9-12,17-18,21-22,35-36,39-46,63-64H,15-16,19-20,23-32,55-56H2,1-6H3,(H,57,67)(H,58,68)(H,59,65)(H,60,66)/t35-,36-,39-,40-,41+,42+,43-,44-,45+,46+/m0/s1. The maximum absolute atomic E-state index is 14.4. The van der Waals surface area contributed by atoms with Gasteiger partial charge in [-0.25, -0.2) is 0 Å². The van der Waals surface area contributed by atoms with E-state index >= 15 is 0 Å². The van der Waals surface area contributed by atoms with Crippen molar-refractivity contribution in [1.82, 2.24) is 31.1 Å². The number of carbonyl (C=O) groups is 6. The molecule has 4 aliphatic rings. The Kier molecular flexibility index (Phi) is 19.0.